The van der Waals surface area contributed by atoms with Gasteiger partial charge >= 0.3 is 12.1 Å². The fourth-order valence-electron chi connectivity index (χ4n) is 4.90. The molecule has 216 valence electrons. The third-order valence-corrected chi connectivity index (χ3v) is 9.68. The molecule has 0 aromatic heterocycles. The summed E-state index contributed by atoms with van der Waals surface area (Å²) in [5.41, 5.74) is 1.41. The zero-order valence-corrected chi connectivity index (χ0v) is 24.5. The van der Waals surface area contributed by atoms with Crippen LogP contribution in [-0.2, 0) is 25.8 Å². The third-order valence-electron chi connectivity index (χ3n) is 7.18. The van der Waals surface area contributed by atoms with Gasteiger partial charge in [-0.1, -0.05) is 36.4 Å². The molecule has 1 aliphatic heterocycles. The number of alkyl halides is 3. The Kier molecular flexibility index (Phi) is 8.97. The number of likely N-dealkylation sites (tertiary alicyclic amines) is 1. The van der Waals surface area contributed by atoms with Crippen LogP contribution >= 0.6 is 0 Å². The summed E-state index contributed by atoms with van der Waals surface area (Å²) >= 11 is 0. The van der Waals surface area contributed by atoms with Crippen molar-refractivity contribution in [3.8, 4) is 11.1 Å². The molecule has 0 bridgehead atoms. The van der Waals surface area contributed by atoms with Gasteiger partial charge in [-0.2, -0.15) is 13.2 Å². The number of hydrogen-bond acceptors (Lipinski definition) is 5. The normalized spacial score (nSPS) is 17.2. The summed E-state index contributed by atoms with van der Waals surface area (Å²) in [6.07, 6.45) is -4.34. The van der Waals surface area contributed by atoms with Gasteiger partial charge in [0, 0.05) is 25.0 Å². The Balaban J connectivity index is 1.84. The van der Waals surface area contributed by atoms with Crippen molar-refractivity contribution in [2.45, 2.75) is 101 Å². The number of hydrogen-bond donors (Lipinski definition) is 0. The molecule has 0 aliphatic carbocycles. The molecule has 1 heterocycles. The Hall–Kier alpha value is -2.39. The summed E-state index contributed by atoms with van der Waals surface area (Å²) in [6, 6.07) is 13.6. The number of rotatable bonds is 7. The zero-order chi connectivity index (χ0) is 29.3. The molecule has 1 aliphatic rings. The Morgan fingerprint density at radius 3 is 1.79 bits per heavy atom. The van der Waals surface area contributed by atoms with Crippen molar-refractivity contribution in [1.82, 2.24) is 4.90 Å². The van der Waals surface area contributed by atoms with Crippen LogP contribution in [0.1, 0.15) is 72.8 Å². The molecule has 0 atom stereocenters. The van der Waals surface area contributed by atoms with Crippen LogP contribution < -0.4 is 0 Å². The van der Waals surface area contributed by atoms with Gasteiger partial charge < -0.3 is 4.74 Å². The number of benzene rings is 2. The van der Waals surface area contributed by atoms with E-state index in [1.54, 1.807) is 45.0 Å². The van der Waals surface area contributed by atoms with Crippen molar-refractivity contribution < 1.29 is 31.1 Å². The molecular formula is C30H40F3NO4S. The van der Waals surface area contributed by atoms with Gasteiger partial charge in [-0.25, -0.2) is 8.42 Å². The van der Waals surface area contributed by atoms with E-state index in [1.165, 1.54) is 12.1 Å². The smallest absolute Gasteiger partial charge is 0.389 e. The van der Waals surface area contributed by atoms with Gasteiger partial charge in [-0.05, 0) is 96.0 Å². The first kappa shape index (κ1) is 31.1. The minimum absolute atomic E-state index is 0.0301. The Morgan fingerprint density at radius 2 is 1.36 bits per heavy atom. The molecule has 0 amide bonds. The van der Waals surface area contributed by atoms with E-state index in [0.29, 0.717) is 19.5 Å². The second-order valence-electron chi connectivity index (χ2n) is 12.3. The molecule has 0 saturated carbocycles. The van der Waals surface area contributed by atoms with Crippen LogP contribution in [-0.4, -0.2) is 54.4 Å². The van der Waals surface area contributed by atoms with Crippen molar-refractivity contribution in [1.29, 1.82) is 0 Å². The molecule has 39 heavy (non-hydrogen) atoms. The zero-order valence-electron chi connectivity index (χ0n) is 23.7. The lowest BCUT2D eigenvalue weighted by Gasteiger charge is -2.45. The van der Waals surface area contributed by atoms with Gasteiger partial charge in [0.05, 0.1) is 4.90 Å². The minimum Gasteiger partial charge on any atom is -0.459 e. The quantitative estimate of drug-likeness (QED) is 0.338. The highest BCUT2D eigenvalue weighted by Gasteiger charge is 2.55. The monoisotopic (exact) mass is 567 g/mol. The van der Waals surface area contributed by atoms with Crippen molar-refractivity contribution in [3.05, 3.63) is 54.1 Å². The van der Waals surface area contributed by atoms with Crippen LogP contribution in [0.25, 0.3) is 11.1 Å². The van der Waals surface area contributed by atoms with Crippen LogP contribution in [0.4, 0.5) is 13.2 Å². The number of piperidine rings is 1. The number of nitrogens with zero attached hydrogens (tertiary/aromatic N) is 1. The molecule has 0 spiro atoms. The topological polar surface area (TPSA) is 63.7 Å². The summed E-state index contributed by atoms with van der Waals surface area (Å²) in [5, 5.41) is 0. The van der Waals surface area contributed by atoms with E-state index < -0.39 is 38.8 Å². The first-order chi connectivity index (χ1) is 17.8. The number of ether oxygens (including phenoxy) is 1. The lowest BCUT2D eigenvalue weighted by molar-refractivity contribution is -0.160. The van der Waals surface area contributed by atoms with Gasteiger partial charge in [0.1, 0.15) is 5.60 Å². The third kappa shape index (κ3) is 7.63. The lowest BCUT2D eigenvalue weighted by Crippen LogP contribution is -2.58. The summed E-state index contributed by atoms with van der Waals surface area (Å²) in [7, 11) is -4.09. The van der Waals surface area contributed by atoms with Gasteiger partial charge in [0.25, 0.3) is 0 Å². The van der Waals surface area contributed by atoms with E-state index in [-0.39, 0.29) is 29.7 Å². The SMILES string of the molecule is CC(C)(C)OC(=O)C1(S(=O)(=O)c2ccc(-c3ccc(CCCC(F)(F)F)cc3)cc2)CCN(C(C)(C)C)CC1. The van der Waals surface area contributed by atoms with Crippen LogP contribution in [0.3, 0.4) is 0 Å². The molecule has 0 N–H and O–H groups in total. The molecule has 0 radical (unpaired) electrons. The van der Waals surface area contributed by atoms with Gasteiger partial charge in [-0.3, -0.25) is 9.69 Å². The van der Waals surface area contributed by atoms with Gasteiger partial charge in [0.2, 0.25) is 0 Å². The van der Waals surface area contributed by atoms with Crippen LogP contribution in [0.5, 0.6) is 0 Å². The first-order valence-electron chi connectivity index (χ1n) is 13.3. The summed E-state index contributed by atoms with van der Waals surface area (Å²) < 4.78 is 69.3. The van der Waals surface area contributed by atoms with Crippen LogP contribution in [0, 0.1) is 0 Å². The predicted molar refractivity (Wildman–Crippen MR) is 147 cm³/mol. The van der Waals surface area contributed by atoms with Crippen molar-refractivity contribution in [2.75, 3.05) is 13.1 Å². The number of aryl methyl sites for hydroxylation is 1. The number of halogens is 3. The predicted octanol–water partition coefficient (Wildman–Crippen LogP) is 6.99. The average Bonchev–Trinajstić information content (AvgIpc) is 2.82. The fourth-order valence-corrected chi connectivity index (χ4v) is 6.83. The van der Waals surface area contributed by atoms with Crippen molar-refractivity contribution in [2.24, 2.45) is 0 Å². The number of carbonyl (C=O) groups excluding carboxylic acids is 1. The molecule has 3 rings (SSSR count). The molecule has 9 heteroatoms. The standard InChI is InChI=1S/C30H40F3NO4S/c1-27(2,3)34-20-18-29(19-21-34,26(35)38-28(4,5)6)39(36,37)25-15-13-24(14-16-25)23-11-9-22(10-12-23)8-7-17-30(31,32)33/h9-16H,7-8,17-21H2,1-6H3. The van der Waals surface area contributed by atoms with E-state index in [4.69, 9.17) is 4.74 Å². The number of sulfone groups is 1. The van der Waals surface area contributed by atoms with Gasteiger partial charge in [0.15, 0.2) is 14.6 Å². The van der Waals surface area contributed by atoms with E-state index in [1.807, 2.05) is 12.1 Å². The molecule has 0 unspecified atom stereocenters. The summed E-state index contributed by atoms with van der Waals surface area (Å²) in [4.78, 5) is 15.7. The van der Waals surface area contributed by atoms with E-state index in [2.05, 4.69) is 25.7 Å². The van der Waals surface area contributed by atoms with E-state index in [0.717, 1.165) is 16.7 Å². The maximum atomic E-state index is 14.1. The molecule has 2 aromatic rings. The number of esters is 1. The molecule has 1 fully saturated rings. The summed E-state index contributed by atoms with van der Waals surface area (Å²) in [5.74, 6) is -0.714. The van der Waals surface area contributed by atoms with Gasteiger partial charge in [-0.15, -0.1) is 0 Å². The average molecular weight is 568 g/mol. The highest BCUT2D eigenvalue weighted by molar-refractivity contribution is 7.93. The van der Waals surface area contributed by atoms with E-state index >= 15 is 0 Å². The van der Waals surface area contributed by atoms with Crippen molar-refractivity contribution >= 4 is 15.8 Å². The largest absolute Gasteiger partial charge is 0.459 e. The lowest BCUT2D eigenvalue weighted by atomic mass is 9.92. The van der Waals surface area contributed by atoms with Crippen molar-refractivity contribution in [3.63, 3.8) is 0 Å². The maximum absolute atomic E-state index is 14.1. The van der Waals surface area contributed by atoms with E-state index in [9.17, 15) is 26.4 Å². The second kappa shape index (κ2) is 11.2. The van der Waals surface area contributed by atoms with Crippen LogP contribution in [0.15, 0.2) is 53.4 Å². The molecule has 5 nitrogen and oxygen atoms in total. The second-order valence-corrected chi connectivity index (χ2v) is 14.6. The molecular weight excluding hydrogens is 527 g/mol. The van der Waals surface area contributed by atoms with Crippen LogP contribution in [0.2, 0.25) is 0 Å². The highest BCUT2D eigenvalue weighted by atomic mass is 32.2. The Morgan fingerprint density at radius 1 is 0.872 bits per heavy atom. The fraction of sp³-hybridized carbons (Fsp3) is 0.567. The number of carbonyl (C=O) groups is 1. The minimum atomic E-state index is -4.16. The maximum Gasteiger partial charge on any atom is 0.389 e. The molecule has 2 aromatic carbocycles. The highest BCUT2D eigenvalue weighted by Crippen LogP contribution is 2.40. The Bertz CT molecular complexity index is 1230. The molecule has 1 saturated heterocycles. The summed E-state index contributed by atoms with van der Waals surface area (Å²) in [6.45, 7) is 12.3. The first-order valence-corrected chi connectivity index (χ1v) is 14.8. The Labute approximate surface area is 230 Å².